The lowest BCUT2D eigenvalue weighted by molar-refractivity contribution is -0.660. The number of furan rings is 1. The highest BCUT2D eigenvalue weighted by atomic mass is 16.3. The fraction of sp³-hybridized carbons (Fsp3) is 0.276. The van der Waals surface area contributed by atoms with Crippen LogP contribution in [0.15, 0.2) is 71.3 Å². The highest BCUT2D eigenvalue weighted by Gasteiger charge is 2.26. The van der Waals surface area contributed by atoms with Crippen LogP contribution in [0, 0.1) is 12.3 Å². The highest BCUT2D eigenvalue weighted by Crippen LogP contribution is 2.40. The van der Waals surface area contributed by atoms with E-state index >= 15 is 0 Å². The molecule has 2 nitrogen and oxygen atoms in total. The molecule has 2 aromatic heterocycles. The molecule has 0 spiro atoms. The fourth-order valence-corrected chi connectivity index (χ4v) is 4.55. The Bertz CT molecular complexity index is 1450. The zero-order chi connectivity index (χ0) is 21.9. The second-order valence-corrected chi connectivity index (χ2v) is 9.98. The summed E-state index contributed by atoms with van der Waals surface area (Å²) in [7, 11) is 2.12. The summed E-state index contributed by atoms with van der Waals surface area (Å²) in [4.78, 5) is 0. The topological polar surface area (TPSA) is 17.0 Å². The highest BCUT2D eigenvalue weighted by molar-refractivity contribution is 6.13. The van der Waals surface area contributed by atoms with Gasteiger partial charge in [0.05, 0.1) is 5.56 Å². The molecule has 1 atom stereocenters. The number of aromatic nitrogens is 1. The van der Waals surface area contributed by atoms with Crippen molar-refractivity contribution in [2.45, 2.75) is 40.5 Å². The molecule has 0 fully saturated rings. The summed E-state index contributed by atoms with van der Waals surface area (Å²) in [5.41, 5.74) is 7.09. The van der Waals surface area contributed by atoms with E-state index in [0.717, 1.165) is 11.2 Å². The Morgan fingerprint density at radius 3 is 2.29 bits per heavy atom. The molecule has 2 heteroatoms. The van der Waals surface area contributed by atoms with E-state index in [2.05, 4.69) is 113 Å². The van der Waals surface area contributed by atoms with E-state index in [1.54, 1.807) is 0 Å². The predicted octanol–water partition coefficient (Wildman–Crippen LogP) is 7.69. The van der Waals surface area contributed by atoms with Crippen LogP contribution < -0.4 is 4.57 Å². The van der Waals surface area contributed by atoms with Gasteiger partial charge in [-0.15, -0.1) is 0 Å². The number of benzene rings is 3. The normalized spacial score (nSPS) is 13.4. The minimum atomic E-state index is 0.206. The molecule has 0 N–H and O–H groups in total. The van der Waals surface area contributed by atoms with E-state index < -0.39 is 0 Å². The van der Waals surface area contributed by atoms with E-state index in [1.807, 2.05) is 0 Å². The van der Waals surface area contributed by atoms with Crippen molar-refractivity contribution in [1.29, 1.82) is 0 Å². The molecular weight excluding hydrogens is 378 g/mol. The lowest BCUT2D eigenvalue weighted by Gasteiger charge is -2.27. The molecule has 5 rings (SSSR count). The lowest BCUT2D eigenvalue weighted by atomic mass is 9.78. The minimum absolute atomic E-state index is 0.206. The summed E-state index contributed by atoms with van der Waals surface area (Å²) >= 11 is 0. The van der Waals surface area contributed by atoms with Crippen LogP contribution >= 0.6 is 0 Å². The Morgan fingerprint density at radius 1 is 0.871 bits per heavy atom. The average molecular weight is 409 g/mol. The maximum atomic E-state index is 6.54. The Kier molecular flexibility index (Phi) is 4.44. The van der Waals surface area contributed by atoms with Gasteiger partial charge in [-0.2, -0.15) is 0 Å². The number of hydrogen-bond acceptors (Lipinski definition) is 1. The molecule has 0 amide bonds. The Hall–Kier alpha value is -3.13. The smallest absolute Gasteiger partial charge is 0.216 e. The predicted molar refractivity (Wildman–Crippen MR) is 130 cm³/mol. The van der Waals surface area contributed by atoms with E-state index in [9.17, 15) is 0 Å². The van der Waals surface area contributed by atoms with Crippen LogP contribution in [0.3, 0.4) is 0 Å². The van der Waals surface area contributed by atoms with E-state index in [-0.39, 0.29) is 5.41 Å². The molecule has 2 heterocycles. The maximum absolute atomic E-state index is 6.54. The fourth-order valence-electron chi connectivity index (χ4n) is 4.55. The molecule has 0 saturated carbocycles. The maximum Gasteiger partial charge on any atom is 0.216 e. The van der Waals surface area contributed by atoms with Gasteiger partial charge in [0.25, 0.3) is 0 Å². The molecule has 31 heavy (non-hydrogen) atoms. The monoisotopic (exact) mass is 408 g/mol. The van der Waals surface area contributed by atoms with Gasteiger partial charge in [-0.25, -0.2) is 4.57 Å². The first-order valence-corrected chi connectivity index (χ1v) is 11.1. The van der Waals surface area contributed by atoms with Crippen molar-refractivity contribution in [1.82, 2.24) is 0 Å². The van der Waals surface area contributed by atoms with Crippen molar-refractivity contribution < 1.29 is 8.98 Å². The molecule has 0 radical (unpaired) electrons. The third-order valence-electron chi connectivity index (χ3n) is 6.95. The number of fused-ring (bicyclic) bond motifs is 4. The van der Waals surface area contributed by atoms with Crippen LogP contribution in [0.25, 0.3) is 44.0 Å². The molecule has 0 bridgehead atoms. The molecule has 5 aromatic rings. The van der Waals surface area contributed by atoms with Crippen molar-refractivity contribution in [3.8, 4) is 11.3 Å². The molecule has 0 aliphatic rings. The molecule has 0 saturated heterocycles. The van der Waals surface area contributed by atoms with Crippen LogP contribution in [-0.4, -0.2) is 0 Å². The number of rotatable bonds is 2. The van der Waals surface area contributed by atoms with Gasteiger partial charge >= 0.3 is 0 Å². The molecule has 3 aromatic carbocycles. The van der Waals surface area contributed by atoms with Crippen molar-refractivity contribution >= 4 is 32.7 Å². The van der Waals surface area contributed by atoms with Gasteiger partial charge in [0.2, 0.25) is 5.69 Å². The van der Waals surface area contributed by atoms with Crippen molar-refractivity contribution in [2.24, 2.45) is 12.5 Å². The first kappa shape index (κ1) is 19.8. The second kappa shape index (κ2) is 6.95. The summed E-state index contributed by atoms with van der Waals surface area (Å²) in [5.74, 6) is 0.452. The quantitative estimate of drug-likeness (QED) is 0.274. The molecule has 0 aliphatic carbocycles. The van der Waals surface area contributed by atoms with Crippen molar-refractivity contribution in [3.05, 3.63) is 78.0 Å². The van der Waals surface area contributed by atoms with E-state index in [0.29, 0.717) is 5.92 Å². The zero-order valence-electron chi connectivity index (χ0n) is 19.3. The number of nitrogens with zero attached hydrogens (tertiary/aromatic N) is 1. The molecular formula is C29H30NO+. The van der Waals surface area contributed by atoms with Crippen LogP contribution in [0.2, 0.25) is 0 Å². The average Bonchev–Trinajstić information content (AvgIpc) is 3.09. The van der Waals surface area contributed by atoms with Crippen LogP contribution in [0.1, 0.15) is 44.7 Å². The lowest BCUT2D eigenvalue weighted by Crippen LogP contribution is -2.31. The third-order valence-corrected chi connectivity index (χ3v) is 6.95. The zero-order valence-corrected chi connectivity index (χ0v) is 19.3. The largest absolute Gasteiger partial charge is 0.455 e. The molecule has 1 unspecified atom stereocenters. The van der Waals surface area contributed by atoms with Crippen molar-refractivity contribution in [2.75, 3.05) is 0 Å². The Morgan fingerprint density at radius 2 is 1.58 bits per heavy atom. The van der Waals surface area contributed by atoms with Gasteiger partial charge in [-0.1, -0.05) is 64.1 Å². The summed E-state index contributed by atoms with van der Waals surface area (Å²) < 4.78 is 8.75. The molecule has 156 valence electrons. The van der Waals surface area contributed by atoms with Gasteiger partial charge in [-0.3, -0.25) is 0 Å². The van der Waals surface area contributed by atoms with Gasteiger partial charge in [0.1, 0.15) is 18.2 Å². The van der Waals surface area contributed by atoms with E-state index in [1.165, 1.54) is 43.9 Å². The third kappa shape index (κ3) is 3.22. The van der Waals surface area contributed by atoms with Crippen LogP contribution in [0.4, 0.5) is 0 Å². The Balaban J connectivity index is 1.80. The van der Waals surface area contributed by atoms with Crippen molar-refractivity contribution in [3.63, 3.8) is 0 Å². The van der Waals surface area contributed by atoms with Gasteiger partial charge in [0, 0.05) is 22.9 Å². The number of hydrogen-bond donors (Lipinski definition) is 0. The SMILES string of the molecule is Cc1ccc2c(oc3cc4ccccc4cc32)c1-c1cc(C(C)C(C)(C)C)cc[n+]1C. The van der Waals surface area contributed by atoms with Gasteiger partial charge in [0.15, 0.2) is 6.20 Å². The number of pyridine rings is 1. The first-order chi connectivity index (χ1) is 14.7. The van der Waals surface area contributed by atoms with Gasteiger partial charge < -0.3 is 4.42 Å². The summed E-state index contributed by atoms with van der Waals surface area (Å²) in [6, 6.07) is 21.9. The van der Waals surface area contributed by atoms with E-state index in [4.69, 9.17) is 4.42 Å². The summed E-state index contributed by atoms with van der Waals surface area (Å²) in [6.45, 7) is 11.4. The number of aryl methyl sites for hydroxylation is 2. The summed E-state index contributed by atoms with van der Waals surface area (Å²) in [6.07, 6.45) is 2.18. The van der Waals surface area contributed by atoms with Crippen LogP contribution in [0.5, 0.6) is 0 Å². The second-order valence-electron chi connectivity index (χ2n) is 9.98. The van der Waals surface area contributed by atoms with Gasteiger partial charge in [-0.05, 0) is 52.3 Å². The first-order valence-electron chi connectivity index (χ1n) is 11.1. The minimum Gasteiger partial charge on any atom is -0.455 e. The Labute approximate surface area is 184 Å². The summed E-state index contributed by atoms with van der Waals surface area (Å²) in [5, 5.41) is 4.80. The van der Waals surface area contributed by atoms with Crippen LogP contribution in [-0.2, 0) is 7.05 Å². The standard InChI is InChI=1S/C29H30NO/c1-18-11-12-23-24-15-21-9-7-8-10-22(21)17-26(24)31-28(23)27(18)25-16-20(13-14-30(25)6)19(2)29(3,4)5/h7-17,19H,1-6H3/q+1. The molecule has 0 aliphatic heterocycles.